The number of nitrogens with one attached hydrogen (secondary N) is 2. The van der Waals surface area contributed by atoms with Crippen LogP contribution in [0.5, 0.6) is 0 Å². The van der Waals surface area contributed by atoms with E-state index in [0.29, 0.717) is 6.54 Å². The molecule has 2 N–H and O–H groups in total. The molecule has 0 unspecified atom stereocenters. The highest BCUT2D eigenvalue weighted by Crippen LogP contribution is 2.49. The number of rotatable bonds is 5. The maximum Gasteiger partial charge on any atom is 0.407 e. The lowest BCUT2D eigenvalue weighted by Gasteiger charge is -2.19. The first kappa shape index (κ1) is 14.8. The molecule has 0 amide bonds. The second kappa shape index (κ2) is 4.72. The predicted molar refractivity (Wildman–Crippen MR) is 65.4 cm³/mol. The van der Waals surface area contributed by atoms with Gasteiger partial charge in [-0.05, 0) is 36.9 Å². The van der Waals surface area contributed by atoms with Crippen molar-refractivity contribution in [3.8, 4) is 0 Å². The molecule has 1 aliphatic rings. The van der Waals surface area contributed by atoms with Crippen molar-refractivity contribution in [2.45, 2.75) is 35.3 Å². The first-order valence-electron chi connectivity index (χ1n) is 5.53. The van der Waals surface area contributed by atoms with E-state index in [1.165, 1.54) is 6.07 Å². The van der Waals surface area contributed by atoms with Crippen molar-refractivity contribution in [3.05, 3.63) is 17.0 Å². The number of hydrogen-bond donors (Lipinski definition) is 2. The number of alkyl halides is 3. The molecule has 1 aromatic rings. The quantitative estimate of drug-likeness (QED) is 0.872. The Labute approximate surface area is 113 Å². The Kier molecular flexibility index (Phi) is 3.67. The number of sulfonamides is 1. The first-order chi connectivity index (χ1) is 8.70. The summed E-state index contributed by atoms with van der Waals surface area (Å²) in [5.41, 5.74) is -1.54. The minimum Gasteiger partial charge on any atom is -0.316 e. The zero-order valence-corrected chi connectivity index (χ0v) is 11.7. The monoisotopic (exact) mass is 314 g/mol. The highest BCUT2D eigenvalue weighted by atomic mass is 32.2. The molecular formula is C10H13F3N2O2S2. The van der Waals surface area contributed by atoms with Crippen molar-refractivity contribution in [2.24, 2.45) is 0 Å². The van der Waals surface area contributed by atoms with Crippen molar-refractivity contribution < 1.29 is 21.6 Å². The summed E-state index contributed by atoms with van der Waals surface area (Å²) in [6.45, 7) is 0.469. The normalized spacial score (nSPS) is 18.5. The third-order valence-corrected chi connectivity index (χ3v) is 5.92. The summed E-state index contributed by atoms with van der Waals surface area (Å²) in [5, 5.41) is 4.45. The van der Waals surface area contributed by atoms with Crippen LogP contribution in [0.4, 0.5) is 13.2 Å². The molecule has 19 heavy (non-hydrogen) atoms. The standard InChI is InChI=1S/C10H13F3N2O2S2/c1-14-5-7-4-8(18-6-7)19(16,17)15-9(2-3-9)10(11,12)13/h4,6,14-15H,2-3,5H2,1H3. The van der Waals surface area contributed by atoms with Crippen LogP contribution in [-0.4, -0.2) is 27.2 Å². The maximum atomic E-state index is 12.7. The summed E-state index contributed by atoms with van der Waals surface area (Å²) in [7, 11) is -2.41. The second-order valence-electron chi connectivity index (χ2n) is 4.49. The summed E-state index contributed by atoms with van der Waals surface area (Å²) < 4.78 is 63.8. The van der Waals surface area contributed by atoms with Crippen LogP contribution in [-0.2, 0) is 16.6 Å². The summed E-state index contributed by atoms with van der Waals surface area (Å²) >= 11 is 0.918. The molecule has 9 heteroatoms. The van der Waals surface area contributed by atoms with Crippen LogP contribution in [0.2, 0.25) is 0 Å². The Bertz CT molecular complexity index is 562. The Morgan fingerprint density at radius 3 is 2.53 bits per heavy atom. The maximum absolute atomic E-state index is 12.7. The van der Waals surface area contributed by atoms with Gasteiger partial charge in [0.25, 0.3) is 10.0 Å². The molecule has 0 aliphatic heterocycles. The summed E-state index contributed by atoms with van der Waals surface area (Å²) in [4.78, 5) is 0. The first-order valence-corrected chi connectivity index (χ1v) is 7.89. The minimum absolute atomic E-state index is 0.0896. The van der Waals surface area contributed by atoms with Gasteiger partial charge in [-0.15, -0.1) is 11.3 Å². The van der Waals surface area contributed by atoms with Gasteiger partial charge in [-0.2, -0.15) is 17.9 Å². The van der Waals surface area contributed by atoms with Crippen LogP contribution in [0.25, 0.3) is 0 Å². The van der Waals surface area contributed by atoms with Gasteiger partial charge in [0, 0.05) is 6.54 Å². The zero-order chi connectivity index (χ0) is 14.3. The van der Waals surface area contributed by atoms with Crippen molar-refractivity contribution >= 4 is 21.4 Å². The fraction of sp³-hybridized carbons (Fsp3) is 0.600. The van der Waals surface area contributed by atoms with Gasteiger partial charge >= 0.3 is 6.18 Å². The highest BCUT2D eigenvalue weighted by molar-refractivity contribution is 7.91. The molecule has 1 saturated carbocycles. The van der Waals surface area contributed by atoms with Gasteiger partial charge in [-0.25, -0.2) is 8.42 Å². The zero-order valence-electron chi connectivity index (χ0n) is 10.0. The number of hydrogen-bond acceptors (Lipinski definition) is 4. The predicted octanol–water partition coefficient (Wildman–Crippen LogP) is 1.84. The largest absolute Gasteiger partial charge is 0.407 e. The molecule has 4 nitrogen and oxygen atoms in total. The molecule has 0 radical (unpaired) electrons. The molecule has 0 spiro atoms. The molecule has 0 bridgehead atoms. The van der Waals surface area contributed by atoms with Crippen molar-refractivity contribution in [3.63, 3.8) is 0 Å². The molecular weight excluding hydrogens is 301 g/mol. The van der Waals surface area contributed by atoms with Gasteiger partial charge in [-0.3, -0.25) is 0 Å². The van der Waals surface area contributed by atoms with E-state index < -0.39 is 21.7 Å². The Morgan fingerprint density at radius 2 is 2.05 bits per heavy atom. The molecule has 1 heterocycles. The Hall–Kier alpha value is -0.640. The molecule has 1 fully saturated rings. The summed E-state index contributed by atoms with van der Waals surface area (Å²) in [6.07, 6.45) is -4.96. The van der Waals surface area contributed by atoms with Gasteiger partial charge in [0.2, 0.25) is 0 Å². The van der Waals surface area contributed by atoms with Crippen LogP contribution in [0, 0.1) is 0 Å². The van der Waals surface area contributed by atoms with Gasteiger partial charge in [-0.1, -0.05) is 0 Å². The van der Waals surface area contributed by atoms with E-state index in [-0.39, 0.29) is 17.1 Å². The van der Waals surface area contributed by atoms with E-state index in [2.05, 4.69) is 5.32 Å². The van der Waals surface area contributed by atoms with E-state index >= 15 is 0 Å². The van der Waals surface area contributed by atoms with Gasteiger partial charge in [0.05, 0.1) is 0 Å². The lowest BCUT2D eigenvalue weighted by atomic mass is 10.3. The van der Waals surface area contributed by atoms with E-state index in [9.17, 15) is 21.6 Å². The smallest absolute Gasteiger partial charge is 0.316 e. The van der Waals surface area contributed by atoms with E-state index in [1.54, 1.807) is 17.1 Å². The average Bonchev–Trinajstić information content (AvgIpc) is 2.89. The topological polar surface area (TPSA) is 58.2 Å². The van der Waals surface area contributed by atoms with Crippen LogP contribution in [0.1, 0.15) is 18.4 Å². The fourth-order valence-corrected chi connectivity index (χ4v) is 4.32. The van der Waals surface area contributed by atoms with Crippen molar-refractivity contribution in [1.29, 1.82) is 0 Å². The number of halogens is 3. The van der Waals surface area contributed by atoms with Crippen LogP contribution < -0.4 is 10.0 Å². The molecule has 1 aliphatic carbocycles. The molecule has 108 valence electrons. The molecule has 0 aromatic carbocycles. The lowest BCUT2D eigenvalue weighted by Crippen LogP contribution is -2.47. The second-order valence-corrected chi connectivity index (χ2v) is 7.31. The highest BCUT2D eigenvalue weighted by Gasteiger charge is 2.65. The summed E-state index contributed by atoms with van der Waals surface area (Å²) in [5.74, 6) is 0. The van der Waals surface area contributed by atoms with E-state index in [1.807, 2.05) is 0 Å². The van der Waals surface area contributed by atoms with E-state index in [0.717, 1.165) is 16.9 Å². The van der Waals surface area contributed by atoms with Gasteiger partial charge < -0.3 is 5.32 Å². The third kappa shape index (κ3) is 2.93. The van der Waals surface area contributed by atoms with Crippen LogP contribution in [0.3, 0.4) is 0 Å². The Balaban J connectivity index is 2.19. The SMILES string of the molecule is CNCc1csc(S(=O)(=O)NC2(C(F)(F)F)CC2)c1. The van der Waals surface area contributed by atoms with Gasteiger partial charge in [0.15, 0.2) is 0 Å². The molecule has 0 atom stereocenters. The van der Waals surface area contributed by atoms with E-state index in [4.69, 9.17) is 0 Å². The minimum atomic E-state index is -4.55. The molecule has 2 rings (SSSR count). The molecule has 1 aromatic heterocycles. The third-order valence-electron chi connectivity index (χ3n) is 2.90. The Morgan fingerprint density at radius 1 is 1.42 bits per heavy atom. The fourth-order valence-electron chi connectivity index (χ4n) is 1.67. The van der Waals surface area contributed by atoms with Crippen molar-refractivity contribution in [2.75, 3.05) is 7.05 Å². The average molecular weight is 314 g/mol. The lowest BCUT2D eigenvalue weighted by molar-refractivity contribution is -0.160. The summed E-state index contributed by atoms with van der Waals surface area (Å²) in [6, 6.07) is 1.38. The van der Waals surface area contributed by atoms with Gasteiger partial charge in [0.1, 0.15) is 9.75 Å². The van der Waals surface area contributed by atoms with Crippen molar-refractivity contribution in [1.82, 2.24) is 10.0 Å². The number of thiophene rings is 1. The van der Waals surface area contributed by atoms with Crippen LogP contribution in [0.15, 0.2) is 15.7 Å². The van der Waals surface area contributed by atoms with Crippen LogP contribution >= 0.6 is 11.3 Å². The molecule has 0 saturated heterocycles.